The van der Waals surface area contributed by atoms with E-state index in [1.165, 1.54) is 4.40 Å². The zero-order valence-corrected chi connectivity index (χ0v) is 6.66. The van der Waals surface area contributed by atoms with E-state index in [-0.39, 0.29) is 5.69 Å². The average molecular weight is 163 g/mol. The number of hydrogen-bond donors (Lipinski definition) is 2. The normalized spacial score (nSPS) is 10.8. The van der Waals surface area contributed by atoms with Gasteiger partial charge in [-0.25, -0.2) is 4.79 Å². The van der Waals surface area contributed by atoms with E-state index >= 15 is 0 Å². The van der Waals surface area contributed by atoms with E-state index in [1.807, 2.05) is 13.0 Å². The van der Waals surface area contributed by atoms with Crippen molar-refractivity contribution in [3.05, 3.63) is 34.5 Å². The highest BCUT2D eigenvalue weighted by Gasteiger charge is 2.01. The van der Waals surface area contributed by atoms with Crippen molar-refractivity contribution in [1.29, 1.82) is 0 Å². The summed E-state index contributed by atoms with van der Waals surface area (Å²) in [6.45, 7) is 1.85. The molecule has 0 atom stereocenters. The van der Waals surface area contributed by atoms with Gasteiger partial charge in [-0.1, -0.05) is 0 Å². The zero-order valence-electron chi connectivity index (χ0n) is 6.66. The topological polar surface area (TPSA) is 63.3 Å². The first-order chi connectivity index (χ1) is 5.68. The minimum absolute atomic E-state index is 0.144. The van der Waals surface area contributed by atoms with Crippen LogP contribution in [-0.2, 0) is 0 Å². The molecular weight excluding hydrogens is 154 g/mol. The van der Waals surface area contributed by atoms with Crippen molar-refractivity contribution >= 4 is 11.2 Å². The third-order valence-electron chi connectivity index (χ3n) is 1.87. The number of nitrogens with zero attached hydrogens (tertiary/aromatic N) is 1. The van der Waals surface area contributed by atoms with Crippen LogP contribution in [0.3, 0.4) is 0 Å². The van der Waals surface area contributed by atoms with Gasteiger partial charge in [0, 0.05) is 17.6 Å². The first kappa shape index (κ1) is 6.97. The van der Waals surface area contributed by atoms with Gasteiger partial charge >= 0.3 is 5.69 Å². The fraction of sp³-hybridized carbons (Fsp3) is 0.125. The van der Waals surface area contributed by atoms with Gasteiger partial charge in [0.1, 0.15) is 0 Å². The molecule has 0 unspecified atom stereocenters. The van der Waals surface area contributed by atoms with Crippen LogP contribution in [0, 0.1) is 6.92 Å². The molecule has 0 aliphatic rings. The fourth-order valence-corrected chi connectivity index (χ4v) is 1.28. The van der Waals surface area contributed by atoms with E-state index in [4.69, 9.17) is 5.73 Å². The lowest BCUT2D eigenvalue weighted by molar-refractivity contribution is 1.06. The zero-order chi connectivity index (χ0) is 8.72. The molecule has 0 aliphatic carbocycles. The molecule has 0 saturated heterocycles. The van der Waals surface area contributed by atoms with Crippen molar-refractivity contribution in [2.75, 3.05) is 5.73 Å². The Kier molecular flexibility index (Phi) is 1.24. The molecule has 0 saturated carbocycles. The van der Waals surface area contributed by atoms with Crippen molar-refractivity contribution in [3.63, 3.8) is 0 Å². The molecule has 12 heavy (non-hydrogen) atoms. The molecule has 0 bridgehead atoms. The van der Waals surface area contributed by atoms with E-state index in [2.05, 4.69) is 4.98 Å². The molecule has 4 heteroatoms. The summed E-state index contributed by atoms with van der Waals surface area (Å²) in [6, 6.07) is 3.60. The third-order valence-corrected chi connectivity index (χ3v) is 1.87. The molecule has 2 rings (SSSR count). The number of H-pyrrole nitrogens is 1. The minimum atomic E-state index is -0.144. The summed E-state index contributed by atoms with van der Waals surface area (Å²) < 4.78 is 1.50. The summed E-state index contributed by atoms with van der Waals surface area (Å²) in [5.74, 6) is 0. The van der Waals surface area contributed by atoms with E-state index in [0.29, 0.717) is 5.69 Å². The van der Waals surface area contributed by atoms with E-state index in [1.54, 1.807) is 12.3 Å². The molecule has 0 radical (unpaired) electrons. The second-order valence-corrected chi connectivity index (χ2v) is 2.77. The number of anilines is 1. The quantitative estimate of drug-likeness (QED) is 0.594. The van der Waals surface area contributed by atoms with Crippen molar-refractivity contribution in [3.8, 4) is 0 Å². The van der Waals surface area contributed by atoms with Gasteiger partial charge in [-0.2, -0.15) is 0 Å². The number of aromatic nitrogens is 2. The third kappa shape index (κ3) is 0.812. The number of aromatic amines is 1. The molecule has 62 valence electrons. The van der Waals surface area contributed by atoms with Gasteiger partial charge in [-0.05, 0) is 19.1 Å². The molecule has 0 fully saturated rings. The van der Waals surface area contributed by atoms with Crippen molar-refractivity contribution < 1.29 is 0 Å². The summed E-state index contributed by atoms with van der Waals surface area (Å²) in [7, 11) is 0. The molecule has 4 nitrogen and oxygen atoms in total. The van der Waals surface area contributed by atoms with Crippen LogP contribution in [-0.4, -0.2) is 9.38 Å². The first-order valence-electron chi connectivity index (χ1n) is 3.65. The largest absolute Gasteiger partial charge is 0.398 e. The van der Waals surface area contributed by atoms with Crippen molar-refractivity contribution in [2.24, 2.45) is 0 Å². The summed E-state index contributed by atoms with van der Waals surface area (Å²) >= 11 is 0. The molecule has 0 amide bonds. The fourth-order valence-electron chi connectivity index (χ4n) is 1.28. The Hall–Kier alpha value is -1.71. The summed E-state index contributed by atoms with van der Waals surface area (Å²) in [4.78, 5) is 13.9. The Morgan fingerprint density at radius 2 is 2.25 bits per heavy atom. The van der Waals surface area contributed by atoms with Crippen molar-refractivity contribution in [2.45, 2.75) is 6.92 Å². The molecular formula is C8H9N3O. The molecule has 2 heterocycles. The van der Waals surface area contributed by atoms with Gasteiger partial charge in [0.25, 0.3) is 0 Å². The molecule has 0 spiro atoms. The number of fused-ring (bicyclic) bond motifs is 1. The number of nitrogen functional groups attached to an aromatic ring is 1. The van der Waals surface area contributed by atoms with Gasteiger partial charge in [-0.3, -0.25) is 4.40 Å². The molecule has 0 aromatic carbocycles. The predicted molar refractivity (Wildman–Crippen MR) is 47.2 cm³/mol. The first-order valence-corrected chi connectivity index (χ1v) is 3.65. The Balaban J connectivity index is 3.00. The van der Waals surface area contributed by atoms with Gasteiger partial charge in [0.05, 0.1) is 5.52 Å². The maximum absolute atomic E-state index is 11.2. The van der Waals surface area contributed by atoms with Crippen LogP contribution < -0.4 is 11.4 Å². The number of aryl methyl sites for hydroxylation is 1. The lowest BCUT2D eigenvalue weighted by Gasteiger charge is -1.94. The van der Waals surface area contributed by atoms with Crippen LogP contribution in [0.2, 0.25) is 0 Å². The van der Waals surface area contributed by atoms with E-state index < -0.39 is 0 Å². The molecule has 2 aromatic rings. The SMILES string of the molecule is Cc1[nH]c(=O)n2cc(N)ccc12. The highest BCUT2D eigenvalue weighted by molar-refractivity contribution is 5.55. The van der Waals surface area contributed by atoms with Gasteiger partial charge < -0.3 is 10.7 Å². The second-order valence-electron chi connectivity index (χ2n) is 2.77. The van der Waals surface area contributed by atoms with Crippen molar-refractivity contribution in [1.82, 2.24) is 9.38 Å². The summed E-state index contributed by atoms with van der Waals surface area (Å²) in [6.07, 6.45) is 1.61. The number of hydrogen-bond acceptors (Lipinski definition) is 2. The maximum Gasteiger partial charge on any atom is 0.330 e. The summed E-state index contributed by atoms with van der Waals surface area (Å²) in [5, 5.41) is 0. The Labute approximate surface area is 68.6 Å². The number of rotatable bonds is 0. The average Bonchev–Trinajstić information content (AvgIpc) is 2.28. The molecule has 2 aromatic heterocycles. The smallest absolute Gasteiger partial charge is 0.330 e. The van der Waals surface area contributed by atoms with Crippen LogP contribution in [0.5, 0.6) is 0 Å². The lowest BCUT2D eigenvalue weighted by Crippen LogP contribution is -2.09. The van der Waals surface area contributed by atoms with Crippen LogP contribution in [0.25, 0.3) is 5.52 Å². The van der Waals surface area contributed by atoms with E-state index in [9.17, 15) is 4.79 Å². The van der Waals surface area contributed by atoms with Gasteiger partial charge in [0.15, 0.2) is 0 Å². The van der Waals surface area contributed by atoms with Crippen LogP contribution in [0.15, 0.2) is 23.1 Å². The standard InChI is InChI=1S/C8H9N3O/c1-5-7-3-2-6(9)4-11(7)8(12)10-5/h2-4H,9H2,1H3,(H,10,12). The highest BCUT2D eigenvalue weighted by atomic mass is 16.1. The van der Waals surface area contributed by atoms with Gasteiger partial charge in [0.2, 0.25) is 0 Å². The van der Waals surface area contributed by atoms with Crippen LogP contribution in [0.4, 0.5) is 5.69 Å². The number of pyridine rings is 1. The maximum atomic E-state index is 11.2. The monoisotopic (exact) mass is 163 g/mol. The van der Waals surface area contributed by atoms with E-state index in [0.717, 1.165) is 11.2 Å². The highest BCUT2D eigenvalue weighted by Crippen LogP contribution is 2.07. The Morgan fingerprint density at radius 3 is 3.00 bits per heavy atom. The minimum Gasteiger partial charge on any atom is -0.398 e. The number of nitrogens with two attached hydrogens (primary N) is 1. The number of imidazole rings is 1. The Bertz CT molecular complexity index is 480. The second kappa shape index (κ2) is 2.14. The lowest BCUT2D eigenvalue weighted by atomic mass is 10.3. The van der Waals surface area contributed by atoms with Crippen LogP contribution in [0.1, 0.15) is 5.69 Å². The Morgan fingerprint density at radius 1 is 1.50 bits per heavy atom. The molecule has 0 aliphatic heterocycles. The number of nitrogens with one attached hydrogen (secondary N) is 1. The summed E-state index contributed by atoms with van der Waals surface area (Å²) in [5.41, 5.74) is 7.70. The van der Waals surface area contributed by atoms with Crippen LogP contribution >= 0.6 is 0 Å². The molecule has 3 N–H and O–H groups in total. The van der Waals surface area contributed by atoms with Gasteiger partial charge in [-0.15, -0.1) is 0 Å². The predicted octanol–water partition coefficient (Wildman–Crippen LogP) is 0.518.